The maximum absolute atomic E-state index is 5.77. The lowest BCUT2D eigenvalue weighted by molar-refractivity contribution is 0.119. The summed E-state index contributed by atoms with van der Waals surface area (Å²) >= 11 is 2.57. The number of hydrogen-bond donors (Lipinski definition) is 0. The Labute approximate surface area is 89.8 Å². The van der Waals surface area contributed by atoms with Crippen LogP contribution in [0.4, 0.5) is 0 Å². The molecule has 0 saturated carbocycles. The van der Waals surface area contributed by atoms with Gasteiger partial charge in [-0.25, -0.2) is 0 Å². The number of rotatable bonds is 5. The van der Waals surface area contributed by atoms with Crippen LogP contribution in [0.2, 0.25) is 13.1 Å². The summed E-state index contributed by atoms with van der Waals surface area (Å²) < 4.78 is 5.77. The van der Waals surface area contributed by atoms with Crippen LogP contribution in [0.15, 0.2) is 12.2 Å². The molecule has 0 aliphatic rings. The molecule has 0 aliphatic heterocycles. The quantitative estimate of drug-likeness (QED) is 0.326. The number of hydrogen-bond acceptors (Lipinski definition) is 1. The highest BCUT2D eigenvalue weighted by molar-refractivity contribution is 14.1. The summed E-state index contributed by atoms with van der Waals surface area (Å²) in [5.74, 6) is 0. The Morgan fingerprint density at radius 3 is 2.33 bits per heavy atom. The minimum atomic E-state index is -1.15. The van der Waals surface area contributed by atoms with Gasteiger partial charge in [0.25, 0.3) is 0 Å². The average molecular weight is 298 g/mol. The predicted molar refractivity (Wildman–Crippen MR) is 66.3 cm³/mol. The summed E-state index contributed by atoms with van der Waals surface area (Å²) in [6.07, 6.45) is 1.12. The topological polar surface area (TPSA) is 9.23 Å². The zero-order chi connectivity index (χ0) is 9.78. The van der Waals surface area contributed by atoms with Gasteiger partial charge >= 0.3 is 0 Å². The molecule has 0 N–H and O–H groups in total. The molecular weight excluding hydrogens is 279 g/mol. The first-order valence-corrected chi connectivity index (χ1v) is 10.5. The molecule has 0 aromatic rings. The van der Waals surface area contributed by atoms with Crippen LogP contribution in [-0.4, -0.2) is 17.9 Å². The minimum Gasteiger partial charge on any atom is -0.376 e. The van der Waals surface area contributed by atoms with Crippen LogP contribution < -0.4 is 0 Å². The Balaban J connectivity index is 3.92. The van der Waals surface area contributed by atoms with Crippen molar-refractivity contribution in [2.24, 2.45) is 0 Å². The molecule has 0 fully saturated rings. The molecule has 0 aromatic heterocycles. The van der Waals surface area contributed by atoms with E-state index in [9.17, 15) is 0 Å². The average Bonchev–Trinajstić information content (AvgIpc) is 1.85. The Hall–Kier alpha value is 0.647. The van der Waals surface area contributed by atoms with Crippen LogP contribution in [0.25, 0.3) is 0 Å². The van der Waals surface area contributed by atoms with Gasteiger partial charge in [0.15, 0.2) is 5.57 Å². The zero-order valence-electron chi connectivity index (χ0n) is 8.48. The van der Waals surface area contributed by atoms with Gasteiger partial charge in [-0.1, -0.05) is 32.2 Å². The summed E-state index contributed by atoms with van der Waals surface area (Å²) in [5.41, 5.74) is 0.435. The summed E-state index contributed by atoms with van der Waals surface area (Å²) in [6.45, 7) is 13.4. The Morgan fingerprint density at radius 2 is 2.08 bits per heavy atom. The second kappa shape index (κ2) is 5.39. The molecule has 0 rings (SSSR count). The van der Waals surface area contributed by atoms with Gasteiger partial charge in [-0.05, 0) is 13.3 Å². The monoisotopic (exact) mass is 298 g/mol. The second-order valence-corrected chi connectivity index (χ2v) is 15.8. The molecule has 72 valence electrons. The van der Waals surface area contributed by atoms with Gasteiger partial charge in [0.1, 0.15) is 0 Å². The molecule has 0 amide bonds. The molecule has 0 aromatic carbocycles. The molecule has 0 aliphatic carbocycles. The Morgan fingerprint density at radius 1 is 1.58 bits per heavy atom. The van der Waals surface area contributed by atoms with Crippen LogP contribution >= 0.6 is 21.8 Å². The highest BCUT2D eigenvalue weighted by atomic mass is 127. The summed E-state index contributed by atoms with van der Waals surface area (Å²) in [7, 11) is 0. The van der Waals surface area contributed by atoms with Crippen LogP contribution in [0.3, 0.4) is 0 Å². The van der Waals surface area contributed by atoms with Crippen molar-refractivity contribution in [3.8, 4) is 0 Å². The van der Waals surface area contributed by atoms with Crippen molar-refractivity contribution in [1.29, 1.82) is 0 Å². The molecule has 0 saturated heterocycles. The maximum Gasteiger partial charge on any atom is 0.150 e. The first-order valence-electron chi connectivity index (χ1n) is 4.32. The summed E-state index contributed by atoms with van der Waals surface area (Å²) in [5, 5.41) is 0. The van der Waals surface area contributed by atoms with E-state index >= 15 is 0 Å². The van der Waals surface area contributed by atoms with Gasteiger partial charge in [-0.15, -0.1) is 21.8 Å². The van der Waals surface area contributed by atoms with E-state index in [-0.39, 0.29) is 0 Å². The number of halogens is 1. The molecule has 0 bridgehead atoms. The molecule has 1 atom stereocenters. The van der Waals surface area contributed by atoms with E-state index in [2.05, 4.69) is 48.4 Å². The van der Waals surface area contributed by atoms with E-state index in [1.54, 1.807) is 0 Å². The van der Waals surface area contributed by atoms with Crippen LogP contribution in [0.5, 0.6) is 0 Å². The highest BCUT2D eigenvalue weighted by Gasteiger charge is 2.28. The molecular formula is C9H19IOSi. The molecule has 1 unspecified atom stereocenters. The largest absolute Gasteiger partial charge is 0.376 e. The first-order chi connectivity index (χ1) is 5.38. The zero-order valence-corrected chi connectivity index (χ0v) is 11.6. The predicted octanol–water partition coefficient (Wildman–Crippen LogP) is 3.54. The molecule has 3 heteroatoms. The van der Waals surface area contributed by atoms with E-state index in [0.29, 0.717) is 5.73 Å². The third-order valence-electron chi connectivity index (χ3n) is 1.67. The highest BCUT2D eigenvalue weighted by Crippen LogP contribution is 2.22. The van der Waals surface area contributed by atoms with Gasteiger partial charge < -0.3 is 4.74 Å². The van der Waals surface area contributed by atoms with Crippen molar-refractivity contribution in [3.05, 3.63) is 12.2 Å². The van der Waals surface area contributed by atoms with Crippen LogP contribution in [0.1, 0.15) is 20.3 Å². The van der Waals surface area contributed by atoms with Crippen molar-refractivity contribution in [2.45, 2.75) is 39.1 Å². The lowest BCUT2D eigenvalue weighted by Gasteiger charge is -2.26. The molecule has 1 nitrogen and oxygen atoms in total. The van der Waals surface area contributed by atoms with E-state index in [1.807, 2.05) is 6.92 Å². The van der Waals surface area contributed by atoms with Gasteiger partial charge in [-0.3, -0.25) is 0 Å². The van der Waals surface area contributed by atoms with Crippen molar-refractivity contribution >= 4 is 27.4 Å². The van der Waals surface area contributed by atoms with Crippen molar-refractivity contribution < 1.29 is 4.74 Å². The van der Waals surface area contributed by atoms with Crippen molar-refractivity contribution in [1.82, 2.24) is 0 Å². The van der Waals surface area contributed by atoms with Gasteiger partial charge in [-0.2, -0.15) is 0 Å². The normalized spacial score (nSPS) is 14.4. The van der Waals surface area contributed by atoms with Crippen LogP contribution in [-0.2, 0) is 4.74 Å². The van der Waals surface area contributed by atoms with Gasteiger partial charge in [0.2, 0.25) is 0 Å². The lowest BCUT2D eigenvalue weighted by atomic mass is 10.4. The molecule has 0 spiro atoms. The Kier molecular flexibility index (Phi) is 5.68. The fourth-order valence-electron chi connectivity index (χ4n) is 1.04. The van der Waals surface area contributed by atoms with E-state index in [0.717, 1.165) is 18.6 Å². The van der Waals surface area contributed by atoms with Crippen molar-refractivity contribution in [3.63, 3.8) is 0 Å². The molecule has 0 radical (unpaired) electrons. The SMILES string of the molecule is C=C(C)COC(CC)[Si](C)(C)I. The van der Waals surface area contributed by atoms with Gasteiger partial charge in [0, 0.05) is 0 Å². The fourth-order valence-corrected chi connectivity index (χ4v) is 4.36. The van der Waals surface area contributed by atoms with Gasteiger partial charge in [0.05, 0.1) is 12.3 Å². The number of ether oxygens (including phenoxy) is 1. The standard InChI is InChI=1S/C9H19IOSi/c1-6-9(12(4,5)10)11-7-8(2)3/h9H,2,6-7H2,1,3-5H3. The Bertz CT molecular complexity index is 151. The molecule has 0 heterocycles. The third kappa shape index (κ3) is 5.32. The van der Waals surface area contributed by atoms with E-state index in [4.69, 9.17) is 4.74 Å². The molecule has 12 heavy (non-hydrogen) atoms. The van der Waals surface area contributed by atoms with Crippen molar-refractivity contribution in [2.75, 3.05) is 6.61 Å². The first kappa shape index (κ1) is 12.6. The maximum atomic E-state index is 5.77. The lowest BCUT2D eigenvalue weighted by Crippen LogP contribution is -2.37. The van der Waals surface area contributed by atoms with E-state index in [1.165, 1.54) is 0 Å². The summed E-state index contributed by atoms with van der Waals surface area (Å²) in [4.78, 5) is 0. The minimum absolute atomic E-state index is 0.467. The van der Waals surface area contributed by atoms with E-state index < -0.39 is 5.57 Å². The fraction of sp³-hybridized carbons (Fsp3) is 0.778. The van der Waals surface area contributed by atoms with Crippen LogP contribution in [0, 0.1) is 0 Å². The second-order valence-electron chi connectivity index (χ2n) is 3.73. The smallest absolute Gasteiger partial charge is 0.150 e. The third-order valence-corrected chi connectivity index (χ3v) is 5.86. The summed E-state index contributed by atoms with van der Waals surface area (Å²) in [6, 6.07) is 0.